The van der Waals surface area contributed by atoms with E-state index in [1.807, 2.05) is 12.1 Å². The molecule has 0 bridgehead atoms. The monoisotopic (exact) mass is 338 g/mol. The van der Waals surface area contributed by atoms with Crippen molar-refractivity contribution in [2.75, 3.05) is 26.2 Å². The molecule has 20 heavy (non-hydrogen) atoms. The van der Waals surface area contributed by atoms with E-state index in [9.17, 15) is 5.11 Å². The van der Waals surface area contributed by atoms with Gasteiger partial charge in [0.05, 0.1) is 0 Å². The van der Waals surface area contributed by atoms with E-state index in [2.05, 4.69) is 25.7 Å². The summed E-state index contributed by atoms with van der Waals surface area (Å²) in [6.45, 7) is 5.70. The molecule has 0 aromatic heterocycles. The molecule has 1 aromatic rings. The lowest BCUT2D eigenvalue weighted by molar-refractivity contribution is 0.161. The van der Waals surface area contributed by atoms with Crippen molar-refractivity contribution < 1.29 is 5.11 Å². The second-order valence-corrected chi connectivity index (χ2v) is 6.96. The first-order chi connectivity index (χ1) is 9.72. The molecule has 1 N–H and O–H groups in total. The molecule has 0 aliphatic carbocycles. The first-order valence-corrected chi connectivity index (χ1v) is 8.45. The Balaban J connectivity index is 1.58. The van der Waals surface area contributed by atoms with Crippen LogP contribution in [0.4, 0.5) is 0 Å². The molecule has 0 amide bonds. The standard InChI is InChI=1S/C16H23BrN2O/c17-14-4-5-16(20)13(10-14)11-18-9-6-15(12-18)19-7-2-1-3-8-19/h4-5,10,15,20H,1-3,6-9,11-12H2. The summed E-state index contributed by atoms with van der Waals surface area (Å²) in [6.07, 6.45) is 5.40. The minimum absolute atomic E-state index is 0.412. The van der Waals surface area contributed by atoms with Gasteiger partial charge in [0.1, 0.15) is 5.75 Å². The van der Waals surface area contributed by atoms with E-state index in [4.69, 9.17) is 0 Å². The van der Waals surface area contributed by atoms with Gasteiger partial charge < -0.3 is 5.11 Å². The Morgan fingerprint density at radius 3 is 2.75 bits per heavy atom. The van der Waals surface area contributed by atoms with E-state index in [0.717, 1.165) is 35.7 Å². The highest BCUT2D eigenvalue weighted by Crippen LogP contribution is 2.26. The number of nitrogens with zero attached hydrogens (tertiary/aromatic N) is 2. The number of aromatic hydroxyl groups is 1. The van der Waals surface area contributed by atoms with Crippen molar-refractivity contribution in [3.8, 4) is 5.75 Å². The third-order valence-corrected chi connectivity index (χ3v) is 5.08. The van der Waals surface area contributed by atoms with Crippen LogP contribution in [0, 0.1) is 0 Å². The molecule has 0 saturated carbocycles. The van der Waals surface area contributed by atoms with E-state index in [-0.39, 0.29) is 0 Å². The number of benzene rings is 1. The third-order valence-electron chi connectivity index (χ3n) is 4.59. The van der Waals surface area contributed by atoms with Crippen LogP contribution in [0.5, 0.6) is 5.75 Å². The molecule has 1 unspecified atom stereocenters. The van der Waals surface area contributed by atoms with Gasteiger partial charge >= 0.3 is 0 Å². The topological polar surface area (TPSA) is 26.7 Å². The second kappa shape index (κ2) is 6.46. The number of hydrogen-bond donors (Lipinski definition) is 1. The number of likely N-dealkylation sites (tertiary alicyclic amines) is 2. The fourth-order valence-electron chi connectivity index (χ4n) is 3.46. The molecule has 2 fully saturated rings. The van der Waals surface area contributed by atoms with E-state index in [0.29, 0.717) is 5.75 Å². The summed E-state index contributed by atoms with van der Waals surface area (Å²) < 4.78 is 1.04. The number of piperidine rings is 1. The van der Waals surface area contributed by atoms with Crippen molar-refractivity contribution in [3.63, 3.8) is 0 Å². The maximum absolute atomic E-state index is 9.95. The number of hydrogen-bond acceptors (Lipinski definition) is 3. The van der Waals surface area contributed by atoms with Gasteiger partial charge in [0, 0.05) is 35.7 Å². The fourth-order valence-corrected chi connectivity index (χ4v) is 3.87. The largest absolute Gasteiger partial charge is 0.508 e. The van der Waals surface area contributed by atoms with Crippen molar-refractivity contribution >= 4 is 15.9 Å². The second-order valence-electron chi connectivity index (χ2n) is 6.05. The molecular weight excluding hydrogens is 316 g/mol. The molecule has 2 saturated heterocycles. The Bertz CT molecular complexity index is 460. The van der Waals surface area contributed by atoms with Crippen LogP contribution in [-0.4, -0.2) is 47.1 Å². The molecule has 4 heteroatoms. The van der Waals surface area contributed by atoms with Gasteiger partial charge in [-0.05, 0) is 50.6 Å². The molecule has 2 aliphatic heterocycles. The molecule has 1 atom stereocenters. The summed E-state index contributed by atoms with van der Waals surface area (Å²) in [5.41, 5.74) is 1.03. The van der Waals surface area contributed by atoms with Gasteiger partial charge in [-0.3, -0.25) is 9.80 Å². The first kappa shape index (κ1) is 14.4. The van der Waals surface area contributed by atoms with Gasteiger partial charge in [0.2, 0.25) is 0 Å². The SMILES string of the molecule is Oc1ccc(Br)cc1CN1CCC(N2CCCCC2)C1. The van der Waals surface area contributed by atoms with E-state index in [1.165, 1.54) is 38.8 Å². The minimum Gasteiger partial charge on any atom is -0.508 e. The summed E-state index contributed by atoms with van der Waals surface area (Å²) in [6, 6.07) is 6.42. The fraction of sp³-hybridized carbons (Fsp3) is 0.625. The highest BCUT2D eigenvalue weighted by atomic mass is 79.9. The smallest absolute Gasteiger partial charge is 0.120 e. The molecule has 3 nitrogen and oxygen atoms in total. The van der Waals surface area contributed by atoms with Crippen LogP contribution in [0.1, 0.15) is 31.2 Å². The van der Waals surface area contributed by atoms with Crippen molar-refractivity contribution in [3.05, 3.63) is 28.2 Å². The maximum Gasteiger partial charge on any atom is 0.120 e. The van der Waals surface area contributed by atoms with Crippen LogP contribution in [-0.2, 0) is 6.54 Å². The minimum atomic E-state index is 0.412. The molecule has 110 valence electrons. The Morgan fingerprint density at radius 2 is 1.95 bits per heavy atom. The summed E-state index contributed by atoms with van der Waals surface area (Å²) in [5, 5.41) is 9.95. The molecule has 2 heterocycles. The van der Waals surface area contributed by atoms with Gasteiger partial charge in [0.25, 0.3) is 0 Å². The summed E-state index contributed by atoms with van der Waals surface area (Å²) in [5.74, 6) is 0.412. The van der Waals surface area contributed by atoms with Crippen LogP contribution < -0.4 is 0 Å². The Kier molecular flexibility index (Phi) is 4.64. The van der Waals surface area contributed by atoms with Gasteiger partial charge in [-0.15, -0.1) is 0 Å². The number of rotatable bonds is 3. The number of halogens is 1. The molecule has 2 aliphatic rings. The van der Waals surface area contributed by atoms with Crippen molar-refractivity contribution in [2.24, 2.45) is 0 Å². The first-order valence-electron chi connectivity index (χ1n) is 7.66. The summed E-state index contributed by atoms with van der Waals surface area (Å²) in [4.78, 5) is 5.14. The zero-order valence-corrected chi connectivity index (χ0v) is 13.5. The van der Waals surface area contributed by atoms with E-state index >= 15 is 0 Å². The normalized spacial score (nSPS) is 25.1. The van der Waals surface area contributed by atoms with Gasteiger partial charge in [0.15, 0.2) is 0 Å². The molecular formula is C16H23BrN2O. The lowest BCUT2D eigenvalue weighted by atomic mass is 10.1. The highest BCUT2D eigenvalue weighted by Gasteiger charge is 2.28. The van der Waals surface area contributed by atoms with E-state index < -0.39 is 0 Å². The Hall–Kier alpha value is -0.580. The van der Waals surface area contributed by atoms with Crippen molar-refractivity contribution in [1.29, 1.82) is 0 Å². The van der Waals surface area contributed by atoms with Gasteiger partial charge in [-0.1, -0.05) is 22.4 Å². The molecule has 0 radical (unpaired) electrons. The van der Waals surface area contributed by atoms with Crippen LogP contribution in [0.3, 0.4) is 0 Å². The Morgan fingerprint density at radius 1 is 1.15 bits per heavy atom. The predicted molar refractivity (Wildman–Crippen MR) is 84.9 cm³/mol. The average molecular weight is 339 g/mol. The summed E-state index contributed by atoms with van der Waals surface area (Å²) in [7, 11) is 0. The third kappa shape index (κ3) is 3.35. The van der Waals surface area contributed by atoms with E-state index in [1.54, 1.807) is 6.07 Å². The lowest BCUT2D eigenvalue weighted by Crippen LogP contribution is -2.40. The highest BCUT2D eigenvalue weighted by molar-refractivity contribution is 9.10. The molecule has 0 spiro atoms. The Labute approximate surface area is 129 Å². The lowest BCUT2D eigenvalue weighted by Gasteiger charge is -2.32. The quantitative estimate of drug-likeness (QED) is 0.916. The predicted octanol–water partition coefficient (Wildman–Crippen LogP) is 3.21. The number of phenolic OH excluding ortho intramolecular Hbond substituents is 1. The van der Waals surface area contributed by atoms with Crippen LogP contribution in [0.2, 0.25) is 0 Å². The zero-order chi connectivity index (χ0) is 13.9. The average Bonchev–Trinajstić information content (AvgIpc) is 2.92. The number of phenols is 1. The molecule has 3 rings (SSSR count). The zero-order valence-electron chi connectivity index (χ0n) is 11.9. The van der Waals surface area contributed by atoms with Crippen molar-refractivity contribution in [1.82, 2.24) is 9.80 Å². The summed E-state index contributed by atoms with van der Waals surface area (Å²) >= 11 is 3.48. The molecule has 1 aromatic carbocycles. The van der Waals surface area contributed by atoms with Gasteiger partial charge in [-0.2, -0.15) is 0 Å². The van der Waals surface area contributed by atoms with Crippen LogP contribution >= 0.6 is 15.9 Å². The maximum atomic E-state index is 9.95. The van der Waals surface area contributed by atoms with Crippen molar-refractivity contribution in [2.45, 2.75) is 38.3 Å². The van der Waals surface area contributed by atoms with Crippen LogP contribution in [0.15, 0.2) is 22.7 Å². The van der Waals surface area contributed by atoms with Gasteiger partial charge in [-0.25, -0.2) is 0 Å². The van der Waals surface area contributed by atoms with Crippen LogP contribution in [0.25, 0.3) is 0 Å².